The molecule has 3 aromatic heterocycles. The van der Waals surface area contributed by atoms with Gasteiger partial charge in [-0.15, -0.1) is 0 Å². The summed E-state index contributed by atoms with van der Waals surface area (Å²) in [4.78, 5) is 19.2. The average Bonchev–Trinajstić information content (AvgIpc) is 3.32. The number of fused-ring (bicyclic) bond motifs is 2. The zero-order chi connectivity index (χ0) is 26.9. The van der Waals surface area contributed by atoms with Crippen LogP contribution in [0.1, 0.15) is 37.4 Å². The number of anilines is 1. The van der Waals surface area contributed by atoms with E-state index in [2.05, 4.69) is 44.0 Å². The number of nitrogens with one attached hydrogen (secondary N) is 2. The van der Waals surface area contributed by atoms with Crippen molar-refractivity contribution in [1.29, 1.82) is 0 Å². The number of rotatable bonds is 9. The van der Waals surface area contributed by atoms with Crippen LogP contribution < -0.4 is 10.1 Å². The Morgan fingerprint density at radius 2 is 1.95 bits per heavy atom. The third-order valence-electron chi connectivity index (χ3n) is 6.86. The van der Waals surface area contributed by atoms with E-state index in [-0.39, 0.29) is 17.7 Å². The minimum Gasteiger partial charge on any atom is -0.476 e. The Bertz CT molecular complexity index is 1550. The molecule has 1 aromatic carbocycles. The van der Waals surface area contributed by atoms with Crippen LogP contribution in [0.5, 0.6) is 5.88 Å². The molecule has 0 saturated carbocycles. The highest BCUT2D eigenvalue weighted by atomic mass is 32.2. The van der Waals surface area contributed by atoms with Crippen molar-refractivity contribution < 1.29 is 13.2 Å². The number of ether oxygens (including phenoxy) is 1. The van der Waals surface area contributed by atoms with E-state index < -0.39 is 9.84 Å². The molecule has 9 nitrogen and oxygen atoms in total. The summed E-state index contributed by atoms with van der Waals surface area (Å²) in [5, 5.41) is 4.43. The first kappa shape index (κ1) is 26.1. The van der Waals surface area contributed by atoms with E-state index in [0.29, 0.717) is 35.3 Å². The lowest BCUT2D eigenvalue weighted by Gasteiger charge is -2.26. The highest BCUT2D eigenvalue weighted by molar-refractivity contribution is 7.91. The number of aromatic amines is 1. The third-order valence-corrected chi connectivity index (χ3v) is 8.74. The molecule has 200 valence electrons. The van der Waals surface area contributed by atoms with E-state index in [9.17, 15) is 8.42 Å². The van der Waals surface area contributed by atoms with Gasteiger partial charge in [0.25, 0.3) is 0 Å². The molecule has 4 heterocycles. The topological polar surface area (TPSA) is 113 Å². The van der Waals surface area contributed by atoms with Crippen molar-refractivity contribution in [2.24, 2.45) is 5.92 Å². The Hall–Kier alpha value is -3.50. The van der Waals surface area contributed by atoms with Crippen LogP contribution in [-0.4, -0.2) is 66.3 Å². The number of benzene rings is 1. The van der Waals surface area contributed by atoms with E-state index >= 15 is 0 Å². The molecule has 1 aliphatic rings. The van der Waals surface area contributed by atoms with Crippen molar-refractivity contribution in [3.8, 4) is 17.1 Å². The van der Waals surface area contributed by atoms with Gasteiger partial charge in [0.05, 0.1) is 22.1 Å². The maximum absolute atomic E-state index is 12.7. The highest BCUT2D eigenvalue weighted by Crippen LogP contribution is 2.34. The van der Waals surface area contributed by atoms with Crippen LogP contribution >= 0.6 is 0 Å². The third kappa shape index (κ3) is 5.51. The van der Waals surface area contributed by atoms with Crippen LogP contribution in [0, 0.1) is 5.92 Å². The van der Waals surface area contributed by atoms with Gasteiger partial charge in [0.15, 0.2) is 9.84 Å². The Labute approximate surface area is 223 Å². The molecule has 0 bridgehead atoms. The fourth-order valence-corrected chi connectivity index (χ4v) is 6.43. The molecule has 5 rings (SSSR count). The van der Waals surface area contributed by atoms with Crippen molar-refractivity contribution in [2.75, 3.05) is 38.3 Å². The lowest BCUT2D eigenvalue weighted by Crippen LogP contribution is -2.20. The predicted molar refractivity (Wildman–Crippen MR) is 149 cm³/mol. The number of aryl methyl sites for hydroxylation is 1. The van der Waals surface area contributed by atoms with E-state index in [1.165, 1.54) is 6.33 Å². The first-order chi connectivity index (χ1) is 18.2. The number of nitrogens with zero attached hydrogens (tertiary/aromatic N) is 4. The molecule has 1 aliphatic heterocycles. The molecular formula is C28H34N6O3S. The van der Waals surface area contributed by atoms with Gasteiger partial charge in [-0.25, -0.2) is 23.4 Å². The fraction of sp³-hybridized carbons (Fsp3) is 0.393. The minimum atomic E-state index is -3.25. The Morgan fingerprint density at radius 1 is 1.11 bits per heavy atom. The van der Waals surface area contributed by atoms with Crippen LogP contribution in [0.4, 0.5) is 5.82 Å². The lowest BCUT2D eigenvalue weighted by molar-refractivity contribution is 0.254. The molecule has 0 spiro atoms. The maximum atomic E-state index is 12.7. The number of pyridine rings is 1. The van der Waals surface area contributed by atoms with Gasteiger partial charge in [-0.05, 0) is 62.2 Å². The molecule has 10 heteroatoms. The van der Waals surface area contributed by atoms with Crippen LogP contribution in [0.15, 0.2) is 53.8 Å². The summed E-state index contributed by atoms with van der Waals surface area (Å²) in [6.45, 7) is 5.58. The molecule has 0 unspecified atom stereocenters. The van der Waals surface area contributed by atoms with Gasteiger partial charge in [-0.1, -0.05) is 26.0 Å². The summed E-state index contributed by atoms with van der Waals surface area (Å²) in [7, 11) is 0.755. The van der Waals surface area contributed by atoms with Gasteiger partial charge in [0.1, 0.15) is 24.4 Å². The van der Waals surface area contributed by atoms with Crippen molar-refractivity contribution in [3.05, 3.63) is 60.0 Å². The average molecular weight is 535 g/mol. The van der Waals surface area contributed by atoms with E-state index in [1.54, 1.807) is 6.20 Å². The first-order valence-corrected chi connectivity index (χ1v) is 14.6. The van der Waals surface area contributed by atoms with Crippen LogP contribution in [0.3, 0.4) is 0 Å². The Balaban J connectivity index is 1.44. The summed E-state index contributed by atoms with van der Waals surface area (Å²) in [5.74, 6) is 1.65. The first-order valence-electron chi connectivity index (χ1n) is 12.9. The van der Waals surface area contributed by atoms with Crippen molar-refractivity contribution in [1.82, 2.24) is 24.8 Å². The second kappa shape index (κ2) is 10.7. The number of likely N-dealkylation sites (N-methyl/N-ethyl adjacent to an activating group) is 1. The van der Waals surface area contributed by atoms with Gasteiger partial charge >= 0.3 is 0 Å². The molecule has 0 saturated heterocycles. The van der Waals surface area contributed by atoms with Gasteiger partial charge < -0.3 is 19.9 Å². The van der Waals surface area contributed by atoms with Gasteiger partial charge in [0, 0.05) is 30.1 Å². The lowest BCUT2D eigenvalue weighted by atomic mass is 9.94. The fourth-order valence-electron chi connectivity index (χ4n) is 4.80. The maximum Gasteiger partial charge on any atom is 0.213 e. The van der Waals surface area contributed by atoms with Crippen molar-refractivity contribution in [3.63, 3.8) is 0 Å². The van der Waals surface area contributed by atoms with E-state index in [4.69, 9.17) is 4.74 Å². The summed E-state index contributed by atoms with van der Waals surface area (Å²) >= 11 is 0. The van der Waals surface area contributed by atoms with E-state index in [1.807, 2.05) is 50.5 Å². The smallest absolute Gasteiger partial charge is 0.213 e. The highest BCUT2D eigenvalue weighted by Gasteiger charge is 2.26. The molecule has 2 N–H and O–H groups in total. The summed E-state index contributed by atoms with van der Waals surface area (Å²) in [5.41, 5.74) is 4.36. The van der Waals surface area contributed by atoms with Crippen LogP contribution in [-0.2, 0) is 16.3 Å². The number of hydrogen-bond acceptors (Lipinski definition) is 8. The molecule has 0 fully saturated rings. The summed E-state index contributed by atoms with van der Waals surface area (Å²) < 4.78 is 31.3. The second-order valence-corrected chi connectivity index (χ2v) is 12.4. The molecule has 0 aliphatic carbocycles. The Kier molecular flexibility index (Phi) is 7.36. The molecule has 0 radical (unpaired) electrons. The van der Waals surface area contributed by atoms with Crippen LogP contribution in [0.2, 0.25) is 0 Å². The molecule has 4 aromatic rings. The van der Waals surface area contributed by atoms with Gasteiger partial charge in [-0.2, -0.15) is 0 Å². The second-order valence-electron chi connectivity index (χ2n) is 10.4. The molecule has 0 amide bonds. The molecular weight excluding hydrogens is 500 g/mol. The Morgan fingerprint density at radius 3 is 2.74 bits per heavy atom. The number of aromatic nitrogens is 4. The SMILES string of the molecule is CC(C)[C@@H](Nc1ncnc2[nH]c(-c3ccnc(OCCN(C)C)c3)cc12)c1ccc2c(c1)S(=O)(=O)CCC2. The number of sulfone groups is 1. The number of hydrogen-bond donors (Lipinski definition) is 2. The number of H-pyrrole nitrogens is 1. The zero-order valence-corrected chi connectivity index (χ0v) is 23.0. The van der Waals surface area contributed by atoms with E-state index in [0.717, 1.165) is 40.7 Å². The summed E-state index contributed by atoms with van der Waals surface area (Å²) in [6, 6.07) is 11.6. The largest absolute Gasteiger partial charge is 0.476 e. The summed E-state index contributed by atoms with van der Waals surface area (Å²) in [6.07, 6.45) is 4.73. The minimum absolute atomic E-state index is 0.133. The monoisotopic (exact) mass is 534 g/mol. The van der Waals surface area contributed by atoms with Crippen molar-refractivity contribution in [2.45, 2.75) is 37.6 Å². The van der Waals surface area contributed by atoms with Crippen LogP contribution in [0.25, 0.3) is 22.3 Å². The quantitative estimate of drug-likeness (QED) is 0.323. The van der Waals surface area contributed by atoms with Gasteiger partial charge in [-0.3, -0.25) is 0 Å². The standard InChI is InChI=1S/C28H34N6O3S/c1-18(2)26(21-8-7-19-6-5-13-38(35,36)24(19)14-21)33-28-22-16-23(32-27(22)30-17-31-28)20-9-10-29-25(15-20)37-12-11-34(3)4/h7-10,14-18,26H,5-6,11-13H2,1-4H3,(H2,30,31,32,33)/t26-/m1/s1. The predicted octanol–water partition coefficient (Wildman–Crippen LogP) is 4.49. The zero-order valence-electron chi connectivity index (χ0n) is 22.2. The normalized spacial score (nSPS) is 15.5. The molecule has 1 atom stereocenters. The van der Waals surface area contributed by atoms with Gasteiger partial charge in [0.2, 0.25) is 5.88 Å². The van der Waals surface area contributed by atoms with Crippen molar-refractivity contribution >= 4 is 26.7 Å². The molecule has 38 heavy (non-hydrogen) atoms.